The van der Waals surface area contributed by atoms with Crippen molar-refractivity contribution < 1.29 is 18.7 Å². The zero-order valence-corrected chi connectivity index (χ0v) is 14.8. The van der Waals surface area contributed by atoms with Gasteiger partial charge in [-0.15, -0.1) is 0 Å². The van der Waals surface area contributed by atoms with Crippen molar-refractivity contribution in [3.8, 4) is 0 Å². The first kappa shape index (κ1) is 16.6. The van der Waals surface area contributed by atoms with Gasteiger partial charge in [0.25, 0.3) is 5.91 Å². The minimum absolute atomic E-state index is 0.0328. The summed E-state index contributed by atoms with van der Waals surface area (Å²) in [5.41, 5.74) is 0.445. The summed E-state index contributed by atoms with van der Waals surface area (Å²) >= 11 is 0. The fourth-order valence-electron chi connectivity index (χ4n) is 4.24. The minimum Gasteiger partial charge on any atom is -0.469 e. The van der Waals surface area contributed by atoms with Crippen molar-refractivity contribution in [2.75, 3.05) is 32.8 Å². The SMILES string of the molecule is Cc1occc1C(=O)N1C[C@@H](C(=O)NCC2CC2)C2(CCOCC2)C1. The van der Waals surface area contributed by atoms with Gasteiger partial charge in [-0.1, -0.05) is 0 Å². The van der Waals surface area contributed by atoms with Crippen molar-refractivity contribution in [3.05, 3.63) is 23.7 Å². The summed E-state index contributed by atoms with van der Waals surface area (Å²) in [7, 11) is 0. The molecule has 0 unspecified atom stereocenters. The van der Waals surface area contributed by atoms with E-state index in [2.05, 4.69) is 5.32 Å². The molecule has 1 aromatic rings. The van der Waals surface area contributed by atoms with Crippen molar-refractivity contribution in [2.24, 2.45) is 17.3 Å². The monoisotopic (exact) mass is 346 g/mol. The van der Waals surface area contributed by atoms with E-state index in [4.69, 9.17) is 9.15 Å². The number of carbonyl (C=O) groups is 2. The maximum Gasteiger partial charge on any atom is 0.257 e. The van der Waals surface area contributed by atoms with Crippen LogP contribution in [0.5, 0.6) is 0 Å². The van der Waals surface area contributed by atoms with Crippen LogP contribution < -0.4 is 5.32 Å². The van der Waals surface area contributed by atoms with Gasteiger partial charge in [-0.3, -0.25) is 9.59 Å². The van der Waals surface area contributed by atoms with Gasteiger partial charge in [0.15, 0.2) is 0 Å². The summed E-state index contributed by atoms with van der Waals surface area (Å²) in [6, 6.07) is 1.72. The summed E-state index contributed by atoms with van der Waals surface area (Å²) in [6.07, 6.45) is 5.65. The molecule has 4 rings (SSSR count). The molecular weight excluding hydrogens is 320 g/mol. The van der Waals surface area contributed by atoms with E-state index in [1.807, 2.05) is 4.90 Å². The maximum atomic E-state index is 12.9. The number of ether oxygens (including phenoxy) is 1. The summed E-state index contributed by atoms with van der Waals surface area (Å²) in [5.74, 6) is 1.21. The smallest absolute Gasteiger partial charge is 0.257 e. The Bertz CT molecular complexity index is 658. The molecule has 1 spiro atoms. The number of aryl methyl sites for hydroxylation is 1. The number of carbonyl (C=O) groups excluding carboxylic acids is 2. The third-order valence-electron chi connectivity index (χ3n) is 6.09. The number of likely N-dealkylation sites (tertiary alicyclic amines) is 1. The summed E-state index contributed by atoms with van der Waals surface area (Å²) in [5, 5.41) is 3.13. The number of rotatable bonds is 4. The van der Waals surface area contributed by atoms with E-state index in [0.717, 1.165) is 19.4 Å². The lowest BCUT2D eigenvalue weighted by atomic mass is 9.71. The molecule has 3 aliphatic rings. The van der Waals surface area contributed by atoms with Gasteiger partial charge in [0.1, 0.15) is 5.76 Å². The van der Waals surface area contributed by atoms with E-state index in [1.54, 1.807) is 19.3 Å². The number of hydrogen-bond acceptors (Lipinski definition) is 4. The Morgan fingerprint density at radius 1 is 1.32 bits per heavy atom. The van der Waals surface area contributed by atoms with E-state index in [1.165, 1.54) is 12.8 Å². The zero-order valence-electron chi connectivity index (χ0n) is 14.8. The van der Waals surface area contributed by atoms with Crippen LogP contribution in [0.25, 0.3) is 0 Å². The van der Waals surface area contributed by atoms with Crippen LogP contribution in [0.15, 0.2) is 16.7 Å². The highest BCUT2D eigenvalue weighted by atomic mass is 16.5. The first-order chi connectivity index (χ1) is 12.1. The molecule has 0 bridgehead atoms. The van der Waals surface area contributed by atoms with Crippen LogP contribution >= 0.6 is 0 Å². The van der Waals surface area contributed by atoms with Crippen LogP contribution in [0.3, 0.4) is 0 Å². The quantitative estimate of drug-likeness (QED) is 0.905. The lowest BCUT2D eigenvalue weighted by Crippen LogP contribution is -2.44. The molecule has 1 saturated carbocycles. The molecule has 2 amide bonds. The average molecular weight is 346 g/mol. The summed E-state index contributed by atoms with van der Waals surface area (Å²) in [6.45, 7) is 5.02. The van der Waals surface area contributed by atoms with Gasteiger partial charge in [-0.05, 0) is 44.6 Å². The molecule has 1 aromatic heterocycles. The van der Waals surface area contributed by atoms with Crippen LogP contribution in [-0.2, 0) is 9.53 Å². The van der Waals surface area contributed by atoms with Crippen LogP contribution in [0.1, 0.15) is 41.8 Å². The molecule has 6 nitrogen and oxygen atoms in total. The number of amides is 2. The van der Waals surface area contributed by atoms with Gasteiger partial charge < -0.3 is 19.4 Å². The van der Waals surface area contributed by atoms with Gasteiger partial charge in [-0.25, -0.2) is 0 Å². The van der Waals surface area contributed by atoms with Crippen molar-refractivity contribution in [2.45, 2.75) is 32.6 Å². The van der Waals surface area contributed by atoms with E-state index in [-0.39, 0.29) is 23.1 Å². The second-order valence-electron chi connectivity index (χ2n) is 7.79. The largest absolute Gasteiger partial charge is 0.469 e. The second kappa shape index (κ2) is 6.48. The molecule has 1 aliphatic carbocycles. The number of hydrogen-bond donors (Lipinski definition) is 1. The number of furan rings is 1. The Morgan fingerprint density at radius 2 is 2.08 bits per heavy atom. The van der Waals surface area contributed by atoms with Crippen LogP contribution in [0.4, 0.5) is 0 Å². The van der Waals surface area contributed by atoms with Gasteiger partial charge in [0.2, 0.25) is 5.91 Å². The molecule has 0 radical (unpaired) electrons. The Balaban J connectivity index is 1.52. The lowest BCUT2D eigenvalue weighted by molar-refractivity contribution is -0.129. The number of nitrogens with zero attached hydrogens (tertiary/aromatic N) is 1. The van der Waals surface area contributed by atoms with Gasteiger partial charge in [-0.2, -0.15) is 0 Å². The molecule has 2 saturated heterocycles. The van der Waals surface area contributed by atoms with Gasteiger partial charge in [0.05, 0.1) is 17.7 Å². The summed E-state index contributed by atoms with van der Waals surface area (Å²) in [4.78, 5) is 27.6. The normalized spacial score (nSPS) is 25.3. The van der Waals surface area contributed by atoms with Crippen LogP contribution in [0.2, 0.25) is 0 Å². The Kier molecular flexibility index (Phi) is 4.31. The van der Waals surface area contributed by atoms with E-state index < -0.39 is 0 Å². The molecule has 136 valence electrons. The van der Waals surface area contributed by atoms with E-state index >= 15 is 0 Å². The Morgan fingerprint density at radius 3 is 2.72 bits per heavy atom. The van der Waals surface area contributed by atoms with E-state index in [0.29, 0.717) is 43.5 Å². The third kappa shape index (κ3) is 3.19. The standard InChI is InChI=1S/C19H26N2O4/c1-13-15(4-7-25-13)18(23)21-11-16(17(22)20-10-14-2-3-14)19(12-21)5-8-24-9-6-19/h4,7,14,16H,2-3,5-6,8-12H2,1H3,(H,20,22)/t16-/m0/s1. The second-order valence-corrected chi connectivity index (χ2v) is 7.79. The molecule has 1 N–H and O–H groups in total. The topological polar surface area (TPSA) is 71.8 Å². The van der Waals surface area contributed by atoms with Crippen molar-refractivity contribution in [3.63, 3.8) is 0 Å². The molecule has 6 heteroatoms. The van der Waals surface area contributed by atoms with Crippen LogP contribution in [-0.4, -0.2) is 49.6 Å². The Hall–Kier alpha value is -1.82. The van der Waals surface area contributed by atoms with Crippen LogP contribution in [0, 0.1) is 24.2 Å². The van der Waals surface area contributed by atoms with Gasteiger partial charge in [0, 0.05) is 38.3 Å². The predicted octanol–water partition coefficient (Wildman–Crippen LogP) is 1.98. The predicted molar refractivity (Wildman–Crippen MR) is 91.1 cm³/mol. The highest BCUT2D eigenvalue weighted by molar-refractivity contribution is 5.96. The molecule has 1 atom stereocenters. The van der Waals surface area contributed by atoms with Gasteiger partial charge >= 0.3 is 0 Å². The maximum absolute atomic E-state index is 12.9. The highest BCUT2D eigenvalue weighted by Gasteiger charge is 2.52. The third-order valence-corrected chi connectivity index (χ3v) is 6.09. The molecule has 3 heterocycles. The highest BCUT2D eigenvalue weighted by Crippen LogP contribution is 2.45. The van der Waals surface area contributed by atoms with Crippen molar-refractivity contribution in [1.82, 2.24) is 10.2 Å². The molecule has 3 fully saturated rings. The molecule has 0 aromatic carbocycles. The summed E-state index contributed by atoms with van der Waals surface area (Å²) < 4.78 is 10.8. The molecular formula is C19H26N2O4. The minimum atomic E-state index is -0.154. The average Bonchev–Trinajstić information content (AvgIpc) is 3.25. The molecule has 2 aliphatic heterocycles. The first-order valence-electron chi connectivity index (χ1n) is 9.28. The van der Waals surface area contributed by atoms with Crippen molar-refractivity contribution in [1.29, 1.82) is 0 Å². The Labute approximate surface area is 147 Å². The lowest BCUT2D eigenvalue weighted by Gasteiger charge is -2.37. The van der Waals surface area contributed by atoms with E-state index in [9.17, 15) is 9.59 Å². The van der Waals surface area contributed by atoms with Crippen molar-refractivity contribution >= 4 is 11.8 Å². The fourth-order valence-corrected chi connectivity index (χ4v) is 4.24. The molecule has 25 heavy (non-hydrogen) atoms. The first-order valence-corrected chi connectivity index (χ1v) is 9.28. The fraction of sp³-hybridized carbons (Fsp3) is 0.684. The number of nitrogens with one attached hydrogen (secondary N) is 1. The zero-order chi connectivity index (χ0) is 17.4.